The molecule has 0 bridgehead atoms. The van der Waals surface area contributed by atoms with Crippen molar-refractivity contribution >= 4 is 35.7 Å². The van der Waals surface area contributed by atoms with Gasteiger partial charge >= 0.3 is 23.9 Å². The predicted molar refractivity (Wildman–Crippen MR) is 458 cm³/mol. The lowest BCUT2D eigenvalue weighted by atomic mass is 10.0. The Kier molecular flexibility index (Phi) is 80.7. The van der Waals surface area contributed by atoms with Crippen LogP contribution in [-0.2, 0) is 47.7 Å². The van der Waals surface area contributed by atoms with Crippen molar-refractivity contribution in [3.8, 4) is 0 Å². The maximum absolute atomic E-state index is 13.3. The highest BCUT2D eigenvalue weighted by molar-refractivity contribution is 5.83. The van der Waals surface area contributed by atoms with E-state index in [-0.39, 0.29) is 60.7 Å². The average Bonchev–Trinajstić information content (AvgIpc) is 1.04. The first-order chi connectivity index (χ1) is 52.8. The molecule has 0 aromatic carbocycles. The van der Waals surface area contributed by atoms with E-state index in [0.717, 1.165) is 232 Å². The molecule has 14 heteroatoms. The van der Waals surface area contributed by atoms with Gasteiger partial charge in [0.2, 0.25) is 11.8 Å². The third-order valence-electron chi connectivity index (χ3n) is 22.3. The highest BCUT2D eigenvalue weighted by Gasteiger charge is 2.18. The maximum atomic E-state index is 13.3. The summed E-state index contributed by atoms with van der Waals surface area (Å²) in [5.74, 6) is 0.459. The van der Waals surface area contributed by atoms with Gasteiger partial charge in [-0.05, 0) is 154 Å². The second kappa shape index (κ2) is 83.2. The van der Waals surface area contributed by atoms with Crippen LogP contribution in [0.2, 0.25) is 0 Å². The molecule has 0 spiro atoms. The van der Waals surface area contributed by atoms with Gasteiger partial charge in [-0.3, -0.25) is 28.8 Å². The molecule has 0 fully saturated rings. The second-order valence-corrected chi connectivity index (χ2v) is 33.4. The van der Waals surface area contributed by atoms with E-state index < -0.39 is 0 Å². The molecule has 2 unspecified atom stereocenters. The largest absolute Gasteiger partial charge is 0.465 e. The van der Waals surface area contributed by atoms with Crippen molar-refractivity contribution in [1.82, 2.24) is 20.4 Å². The summed E-state index contributed by atoms with van der Waals surface area (Å²) in [5.41, 5.74) is 0. The standard InChI is InChI=1S/C94H182N4O10/c1-9-15-21-27-37-51-65-87(66-52-38-28-22-16-10-2)107-93(103)71-57-43-33-47-61-79-97(77-59-45-31-41-55-69-91(101)105-83-85(7)63-49-35-25-19-13-5)81-75-95-89(99)73-74-90(100)96-76-82-98(78-60-46-32-42-56-70-92(102)106-84-86(8)64-50-36-26-20-14-6)80-62-48-34-44-58-72-94(104)108-88(67-53-39-29-23-17-11-3)68-54-40-30-24-18-12-4/h85-88H,9-84H2,1-8H3,(H,95,99)(H,96,100). The van der Waals surface area contributed by atoms with Gasteiger partial charge in [0.25, 0.3) is 0 Å². The molecular weight excluding hydrogens is 1350 g/mol. The molecule has 2 amide bonds. The van der Waals surface area contributed by atoms with E-state index in [4.69, 9.17) is 18.9 Å². The van der Waals surface area contributed by atoms with Gasteiger partial charge in [0.05, 0.1) is 13.2 Å². The van der Waals surface area contributed by atoms with E-state index in [1.807, 2.05) is 0 Å². The molecule has 14 nitrogen and oxygen atoms in total. The number of carbonyl (C=O) groups is 6. The second-order valence-electron chi connectivity index (χ2n) is 33.4. The SMILES string of the molecule is CCCCCCCCC(CCCCCCCC)OC(=O)CCCCCCCN(CCCCCCCC(=O)OCC(C)CCCCCCC)CCNC(=O)CCC(=O)NCCN(CCCCCCCC(=O)OCC(C)CCCCCCC)CCCCCCCC(=O)OC(CCCCCCCC)CCCCCCCC. The molecule has 0 aromatic heterocycles. The van der Waals surface area contributed by atoms with E-state index in [9.17, 15) is 28.8 Å². The summed E-state index contributed by atoms with van der Waals surface area (Å²) < 4.78 is 23.6. The molecule has 0 rings (SSSR count). The minimum atomic E-state index is -0.0974. The van der Waals surface area contributed by atoms with Crippen molar-refractivity contribution in [2.75, 3.05) is 65.6 Å². The first kappa shape index (κ1) is 105. The summed E-state index contributed by atoms with van der Waals surface area (Å²) in [6.45, 7) is 25.3. The number of hydrogen-bond acceptors (Lipinski definition) is 12. The Morgan fingerprint density at radius 2 is 0.454 bits per heavy atom. The zero-order valence-corrected chi connectivity index (χ0v) is 73.0. The van der Waals surface area contributed by atoms with Crippen LogP contribution in [0.15, 0.2) is 0 Å². The van der Waals surface area contributed by atoms with Crippen LogP contribution in [-0.4, -0.2) is 123 Å². The molecule has 0 radical (unpaired) electrons. The first-order valence-corrected chi connectivity index (χ1v) is 47.5. The van der Waals surface area contributed by atoms with Gasteiger partial charge < -0.3 is 39.4 Å². The summed E-state index contributed by atoms with van der Waals surface area (Å²) in [4.78, 5) is 82.9. The van der Waals surface area contributed by atoms with Crippen molar-refractivity contribution in [3.63, 3.8) is 0 Å². The monoisotopic (exact) mass is 1530 g/mol. The molecule has 0 saturated heterocycles. The molecule has 0 aliphatic heterocycles. The highest BCUT2D eigenvalue weighted by atomic mass is 16.6. The summed E-state index contributed by atoms with van der Waals surface area (Å²) in [6, 6.07) is 0. The Bertz CT molecular complexity index is 1810. The van der Waals surface area contributed by atoms with Crippen LogP contribution in [0.4, 0.5) is 0 Å². The zero-order valence-electron chi connectivity index (χ0n) is 73.0. The van der Waals surface area contributed by atoms with Crippen LogP contribution in [0.25, 0.3) is 0 Å². The molecular formula is C94H182N4O10. The van der Waals surface area contributed by atoms with Gasteiger partial charge in [0.15, 0.2) is 0 Å². The maximum Gasteiger partial charge on any atom is 0.306 e. The van der Waals surface area contributed by atoms with Gasteiger partial charge in [-0.15, -0.1) is 0 Å². The fourth-order valence-corrected chi connectivity index (χ4v) is 14.9. The third kappa shape index (κ3) is 76.7. The first-order valence-electron chi connectivity index (χ1n) is 47.5. The van der Waals surface area contributed by atoms with Crippen molar-refractivity contribution < 1.29 is 47.7 Å². The highest BCUT2D eigenvalue weighted by Crippen LogP contribution is 2.23. The number of hydrogen-bond donors (Lipinski definition) is 2. The van der Waals surface area contributed by atoms with E-state index in [2.05, 4.69) is 75.8 Å². The van der Waals surface area contributed by atoms with E-state index in [1.54, 1.807) is 0 Å². The lowest BCUT2D eigenvalue weighted by Crippen LogP contribution is -2.37. The Hall–Kier alpha value is -3.26. The number of amides is 2. The molecule has 108 heavy (non-hydrogen) atoms. The van der Waals surface area contributed by atoms with Crippen molar-refractivity contribution in [3.05, 3.63) is 0 Å². The van der Waals surface area contributed by atoms with Gasteiger partial charge in [0.1, 0.15) is 12.2 Å². The number of esters is 4. The molecule has 0 aliphatic rings. The Morgan fingerprint density at radius 3 is 0.713 bits per heavy atom. The lowest BCUT2D eigenvalue weighted by Gasteiger charge is -2.23. The Morgan fingerprint density at radius 1 is 0.241 bits per heavy atom. The molecule has 0 aliphatic carbocycles. The van der Waals surface area contributed by atoms with E-state index >= 15 is 0 Å². The van der Waals surface area contributed by atoms with Crippen molar-refractivity contribution in [1.29, 1.82) is 0 Å². The molecule has 0 saturated carbocycles. The summed E-state index contributed by atoms with van der Waals surface area (Å²) in [5, 5.41) is 6.27. The molecule has 2 N–H and O–H groups in total. The van der Waals surface area contributed by atoms with E-state index in [1.165, 1.54) is 193 Å². The molecule has 2 atom stereocenters. The normalized spacial score (nSPS) is 12.2. The third-order valence-corrected chi connectivity index (χ3v) is 22.3. The van der Waals surface area contributed by atoms with Crippen molar-refractivity contribution in [2.45, 2.75) is 491 Å². The predicted octanol–water partition coefficient (Wildman–Crippen LogP) is 25.9. The van der Waals surface area contributed by atoms with Gasteiger partial charge in [-0.1, -0.05) is 325 Å². The summed E-state index contributed by atoms with van der Waals surface area (Å²) in [7, 11) is 0. The van der Waals surface area contributed by atoms with Crippen LogP contribution >= 0.6 is 0 Å². The quantitative estimate of drug-likeness (QED) is 0.0336. The summed E-state index contributed by atoms with van der Waals surface area (Å²) >= 11 is 0. The van der Waals surface area contributed by atoms with Crippen LogP contribution in [0, 0.1) is 11.8 Å². The van der Waals surface area contributed by atoms with Crippen LogP contribution in [0.3, 0.4) is 0 Å². The number of nitrogens with zero attached hydrogens (tertiary/aromatic N) is 2. The number of nitrogens with one attached hydrogen (secondary N) is 2. The fourth-order valence-electron chi connectivity index (χ4n) is 14.9. The number of rotatable bonds is 87. The lowest BCUT2D eigenvalue weighted by molar-refractivity contribution is -0.151. The topological polar surface area (TPSA) is 170 Å². The minimum absolute atomic E-state index is 0.0193. The zero-order chi connectivity index (χ0) is 78.9. The fraction of sp³-hybridized carbons (Fsp3) is 0.936. The van der Waals surface area contributed by atoms with Crippen molar-refractivity contribution in [2.24, 2.45) is 11.8 Å². The molecule has 638 valence electrons. The molecule has 0 aromatic rings. The van der Waals surface area contributed by atoms with E-state index in [0.29, 0.717) is 63.8 Å². The van der Waals surface area contributed by atoms with Crippen LogP contribution < -0.4 is 10.6 Å². The number of unbranched alkanes of at least 4 members (excludes halogenated alkanes) is 44. The van der Waals surface area contributed by atoms with Gasteiger partial charge in [-0.2, -0.15) is 0 Å². The number of carbonyl (C=O) groups excluding carboxylic acids is 6. The summed E-state index contributed by atoms with van der Waals surface area (Å²) in [6.07, 6.45) is 71.8. The minimum Gasteiger partial charge on any atom is -0.465 e. The average molecular weight is 1530 g/mol. The number of ether oxygens (including phenoxy) is 4. The molecule has 0 heterocycles. The van der Waals surface area contributed by atoms with Gasteiger partial charge in [-0.25, -0.2) is 0 Å². The van der Waals surface area contributed by atoms with Gasteiger partial charge in [0, 0.05) is 64.7 Å². The van der Waals surface area contributed by atoms with Crippen LogP contribution in [0.5, 0.6) is 0 Å². The van der Waals surface area contributed by atoms with Crippen LogP contribution in [0.1, 0.15) is 479 Å². The Labute approximate surface area is 669 Å². The Balaban J connectivity index is 5.43. The smallest absolute Gasteiger partial charge is 0.306 e.